The second-order valence-corrected chi connectivity index (χ2v) is 6.46. The van der Waals surface area contributed by atoms with Gasteiger partial charge in [-0.25, -0.2) is 4.39 Å². The molecule has 132 valence electrons. The lowest BCUT2D eigenvalue weighted by atomic mass is 10.0. The van der Waals surface area contributed by atoms with Crippen molar-refractivity contribution in [3.8, 4) is 5.75 Å². The van der Waals surface area contributed by atoms with Gasteiger partial charge in [0.2, 0.25) is 5.91 Å². The summed E-state index contributed by atoms with van der Waals surface area (Å²) in [5.74, 6) is 0.429. The van der Waals surface area contributed by atoms with E-state index < -0.39 is 6.04 Å². The van der Waals surface area contributed by atoms with Gasteiger partial charge in [-0.2, -0.15) is 0 Å². The summed E-state index contributed by atoms with van der Waals surface area (Å²) in [7, 11) is 3.53. The van der Waals surface area contributed by atoms with E-state index >= 15 is 0 Å². The topological polar surface area (TPSA) is 41.6 Å². The van der Waals surface area contributed by atoms with Crippen LogP contribution in [0.4, 0.5) is 4.39 Å². The number of hydrogen-bond donors (Lipinski definition) is 1. The van der Waals surface area contributed by atoms with Gasteiger partial charge in [-0.15, -0.1) is 0 Å². The smallest absolute Gasteiger partial charge is 0.242 e. The number of hydrogen-bond acceptors (Lipinski definition) is 3. The maximum absolute atomic E-state index is 13.3. The number of nitrogens with one attached hydrogen (secondary N) is 1. The first-order valence-electron chi connectivity index (χ1n) is 8.46. The van der Waals surface area contributed by atoms with Crippen molar-refractivity contribution in [3.63, 3.8) is 0 Å². The molecule has 1 fully saturated rings. The molecule has 1 aliphatic rings. The number of para-hydroxylation sites is 1. The van der Waals surface area contributed by atoms with Gasteiger partial charge in [-0.1, -0.05) is 30.3 Å². The maximum atomic E-state index is 13.3. The highest BCUT2D eigenvalue weighted by Crippen LogP contribution is 2.27. The van der Waals surface area contributed by atoms with E-state index in [1.54, 1.807) is 19.2 Å². The average Bonchev–Trinajstić information content (AvgIpc) is 3.41. The Morgan fingerprint density at radius 1 is 1.24 bits per heavy atom. The molecule has 0 aromatic heterocycles. The van der Waals surface area contributed by atoms with Crippen LogP contribution in [0, 0.1) is 5.82 Å². The molecule has 0 aliphatic heterocycles. The van der Waals surface area contributed by atoms with Gasteiger partial charge in [-0.05, 0) is 43.7 Å². The highest BCUT2D eigenvalue weighted by molar-refractivity contribution is 5.83. The second-order valence-electron chi connectivity index (χ2n) is 6.46. The lowest BCUT2D eigenvalue weighted by Gasteiger charge is -2.28. The maximum Gasteiger partial charge on any atom is 0.242 e. The van der Waals surface area contributed by atoms with Gasteiger partial charge in [0.1, 0.15) is 17.6 Å². The van der Waals surface area contributed by atoms with E-state index in [0.717, 1.165) is 29.7 Å². The molecule has 1 N–H and O–H groups in total. The number of halogens is 1. The molecule has 2 aromatic carbocycles. The van der Waals surface area contributed by atoms with Crippen LogP contribution in [0.25, 0.3) is 0 Å². The zero-order valence-electron chi connectivity index (χ0n) is 14.5. The summed E-state index contributed by atoms with van der Waals surface area (Å²) in [5.41, 5.74) is 1.77. The van der Waals surface area contributed by atoms with Gasteiger partial charge in [0.15, 0.2) is 0 Å². The minimum Gasteiger partial charge on any atom is -0.496 e. The first kappa shape index (κ1) is 17.4. The number of carbonyl (C=O) groups is 1. The van der Waals surface area contributed by atoms with Gasteiger partial charge < -0.3 is 10.1 Å². The molecule has 2 aromatic rings. The minimum absolute atomic E-state index is 0.0495. The summed E-state index contributed by atoms with van der Waals surface area (Å²) in [5, 5.41) is 3.06. The summed E-state index contributed by atoms with van der Waals surface area (Å²) in [6.07, 6.45) is 2.05. The lowest BCUT2D eigenvalue weighted by Crippen LogP contribution is -2.39. The van der Waals surface area contributed by atoms with Gasteiger partial charge in [0.05, 0.1) is 7.11 Å². The summed E-state index contributed by atoms with van der Waals surface area (Å²) in [6.45, 7) is 0.546. The van der Waals surface area contributed by atoms with Gasteiger partial charge in [0.25, 0.3) is 0 Å². The van der Waals surface area contributed by atoms with E-state index in [0.29, 0.717) is 6.54 Å². The molecule has 1 saturated carbocycles. The van der Waals surface area contributed by atoms with E-state index in [-0.39, 0.29) is 17.8 Å². The monoisotopic (exact) mass is 342 g/mol. The average molecular weight is 342 g/mol. The van der Waals surface area contributed by atoms with Crippen molar-refractivity contribution in [3.05, 3.63) is 65.5 Å². The molecule has 4 nitrogen and oxygen atoms in total. The molecular weight excluding hydrogens is 319 g/mol. The van der Waals surface area contributed by atoms with Crippen molar-refractivity contribution < 1.29 is 13.9 Å². The van der Waals surface area contributed by atoms with Crippen LogP contribution >= 0.6 is 0 Å². The number of carbonyl (C=O) groups excluding carboxylic acids is 1. The number of likely N-dealkylation sites (N-methyl/N-ethyl adjacent to an activating group) is 1. The minimum atomic E-state index is -0.480. The Hall–Kier alpha value is -2.40. The Kier molecular flexibility index (Phi) is 5.34. The van der Waals surface area contributed by atoms with Crippen molar-refractivity contribution in [1.29, 1.82) is 0 Å². The van der Waals surface area contributed by atoms with E-state index in [1.807, 2.05) is 36.2 Å². The quantitative estimate of drug-likeness (QED) is 0.839. The Morgan fingerprint density at radius 2 is 1.92 bits per heavy atom. The largest absolute Gasteiger partial charge is 0.496 e. The van der Waals surface area contributed by atoms with E-state index in [9.17, 15) is 9.18 Å². The van der Waals surface area contributed by atoms with E-state index in [4.69, 9.17) is 4.74 Å². The summed E-state index contributed by atoms with van der Waals surface area (Å²) < 4.78 is 18.7. The van der Waals surface area contributed by atoms with Crippen LogP contribution in [0.1, 0.15) is 30.0 Å². The number of ether oxygens (including phenoxy) is 1. The van der Waals surface area contributed by atoms with Crippen LogP contribution < -0.4 is 10.1 Å². The zero-order chi connectivity index (χ0) is 17.8. The molecule has 25 heavy (non-hydrogen) atoms. The molecular formula is C20H23FN2O2. The number of benzene rings is 2. The first-order chi connectivity index (χ1) is 12.1. The molecule has 0 radical (unpaired) electrons. The third-order valence-corrected chi connectivity index (χ3v) is 4.41. The Bertz CT molecular complexity index is 729. The zero-order valence-corrected chi connectivity index (χ0v) is 14.5. The fraction of sp³-hybridized carbons (Fsp3) is 0.350. The fourth-order valence-electron chi connectivity index (χ4n) is 2.95. The third kappa shape index (κ3) is 4.37. The highest BCUT2D eigenvalue weighted by Gasteiger charge is 2.31. The van der Waals surface area contributed by atoms with Gasteiger partial charge >= 0.3 is 0 Å². The van der Waals surface area contributed by atoms with Crippen molar-refractivity contribution in [2.75, 3.05) is 14.2 Å². The summed E-state index contributed by atoms with van der Waals surface area (Å²) >= 11 is 0. The number of rotatable bonds is 7. The van der Waals surface area contributed by atoms with Gasteiger partial charge in [0, 0.05) is 18.2 Å². The normalized spacial score (nSPS) is 15.0. The number of amides is 1. The van der Waals surface area contributed by atoms with Crippen LogP contribution in [-0.4, -0.2) is 31.0 Å². The Balaban J connectivity index is 1.84. The molecule has 1 atom stereocenters. The van der Waals surface area contributed by atoms with Crippen LogP contribution in [0.2, 0.25) is 0 Å². The molecule has 0 bridgehead atoms. The predicted octanol–water partition coefficient (Wildman–Crippen LogP) is 3.29. The van der Waals surface area contributed by atoms with Crippen molar-refractivity contribution in [2.45, 2.75) is 31.5 Å². The SMILES string of the molecule is COc1ccccc1CN(C)C(C(=O)NC1CC1)c1ccc(F)cc1. The molecule has 1 aliphatic carbocycles. The molecule has 0 saturated heterocycles. The van der Waals surface area contributed by atoms with Crippen molar-refractivity contribution in [2.24, 2.45) is 0 Å². The van der Waals surface area contributed by atoms with Crippen LogP contribution in [0.3, 0.4) is 0 Å². The molecule has 1 amide bonds. The number of methoxy groups -OCH3 is 1. The second kappa shape index (κ2) is 7.66. The standard InChI is InChI=1S/C20H23FN2O2/c1-23(13-15-5-3-4-6-18(15)25-2)19(20(24)22-17-11-12-17)14-7-9-16(21)10-8-14/h3-10,17,19H,11-13H2,1-2H3,(H,22,24). The molecule has 0 spiro atoms. The first-order valence-corrected chi connectivity index (χ1v) is 8.46. The van der Waals surface area contributed by atoms with E-state index in [2.05, 4.69) is 5.32 Å². The molecule has 1 unspecified atom stereocenters. The number of nitrogens with zero attached hydrogens (tertiary/aromatic N) is 1. The fourth-order valence-corrected chi connectivity index (χ4v) is 2.95. The predicted molar refractivity (Wildman–Crippen MR) is 94.8 cm³/mol. The van der Waals surface area contributed by atoms with Crippen LogP contribution in [0.5, 0.6) is 5.75 Å². The van der Waals surface area contributed by atoms with Gasteiger partial charge in [-0.3, -0.25) is 9.69 Å². The molecule has 5 heteroatoms. The van der Waals surface area contributed by atoms with Crippen molar-refractivity contribution in [1.82, 2.24) is 10.2 Å². The van der Waals surface area contributed by atoms with Crippen molar-refractivity contribution >= 4 is 5.91 Å². The Labute approximate surface area is 147 Å². The molecule has 0 heterocycles. The summed E-state index contributed by atoms with van der Waals surface area (Å²) in [4.78, 5) is 14.7. The van der Waals surface area contributed by atoms with E-state index in [1.165, 1.54) is 12.1 Å². The third-order valence-electron chi connectivity index (χ3n) is 4.41. The van der Waals surface area contributed by atoms with Crippen LogP contribution in [-0.2, 0) is 11.3 Å². The lowest BCUT2D eigenvalue weighted by molar-refractivity contribution is -0.126. The highest BCUT2D eigenvalue weighted by atomic mass is 19.1. The molecule has 3 rings (SSSR count). The Morgan fingerprint density at radius 3 is 2.56 bits per heavy atom. The van der Waals surface area contributed by atoms with Crippen LogP contribution in [0.15, 0.2) is 48.5 Å². The summed E-state index contributed by atoms with van der Waals surface area (Å²) in [6, 6.07) is 13.7.